The Morgan fingerprint density at radius 1 is 1.07 bits per heavy atom. The lowest BCUT2D eigenvalue weighted by Gasteiger charge is -2.31. The SMILES string of the molecule is COC(=O)c1cccc(-n2c3nc(Nc4ccc5c(c4)CCN(C(=O)OC(C)(C)C)C5)ncc3c(=O)n2C(C)C)c1. The second kappa shape index (κ2) is 10.7. The van der Waals surface area contributed by atoms with Crippen molar-refractivity contribution in [2.45, 2.75) is 59.2 Å². The van der Waals surface area contributed by atoms with Gasteiger partial charge < -0.3 is 19.7 Å². The summed E-state index contributed by atoms with van der Waals surface area (Å²) in [4.78, 5) is 48.9. The number of nitrogens with one attached hydrogen (secondary N) is 1. The fourth-order valence-electron chi connectivity index (χ4n) is 4.90. The van der Waals surface area contributed by atoms with Crippen LogP contribution in [0.1, 0.15) is 62.1 Å². The highest BCUT2D eigenvalue weighted by atomic mass is 16.6. The molecule has 1 N–H and O–H groups in total. The fourth-order valence-corrected chi connectivity index (χ4v) is 4.90. The molecule has 1 amide bonds. The van der Waals surface area contributed by atoms with Crippen molar-refractivity contribution in [3.05, 3.63) is 75.7 Å². The topological polar surface area (TPSA) is 121 Å². The molecule has 2 aromatic heterocycles. The number of hydrogen-bond acceptors (Lipinski definition) is 8. The number of hydrogen-bond donors (Lipinski definition) is 1. The summed E-state index contributed by atoms with van der Waals surface area (Å²) in [5, 5.41) is 3.62. The molecule has 1 aliphatic rings. The van der Waals surface area contributed by atoms with Crippen molar-refractivity contribution >= 4 is 34.7 Å². The van der Waals surface area contributed by atoms with E-state index in [-0.39, 0.29) is 17.7 Å². The van der Waals surface area contributed by atoms with Crippen LogP contribution in [0.2, 0.25) is 0 Å². The van der Waals surface area contributed by atoms with Crippen LogP contribution >= 0.6 is 0 Å². The average Bonchev–Trinajstić information content (AvgIpc) is 3.23. The van der Waals surface area contributed by atoms with Crippen LogP contribution in [-0.2, 0) is 22.4 Å². The summed E-state index contributed by atoms with van der Waals surface area (Å²) in [7, 11) is 1.33. The van der Waals surface area contributed by atoms with Crippen molar-refractivity contribution in [2.24, 2.45) is 0 Å². The number of rotatable bonds is 5. The molecule has 0 bridgehead atoms. The van der Waals surface area contributed by atoms with Crippen LogP contribution in [-0.4, -0.2) is 55.5 Å². The molecule has 0 aliphatic carbocycles. The van der Waals surface area contributed by atoms with E-state index >= 15 is 0 Å². The van der Waals surface area contributed by atoms with Gasteiger partial charge >= 0.3 is 12.1 Å². The Hall–Kier alpha value is -4.67. The van der Waals surface area contributed by atoms with Gasteiger partial charge in [0.15, 0.2) is 5.65 Å². The van der Waals surface area contributed by atoms with Crippen LogP contribution in [0.15, 0.2) is 53.5 Å². The first-order valence-electron chi connectivity index (χ1n) is 13.5. The smallest absolute Gasteiger partial charge is 0.410 e. The fraction of sp³-hybridized carbons (Fsp3) is 0.367. The molecule has 3 heterocycles. The van der Waals surface area contributed by atoms with Gasteiger partial charge in [-0.05, 0) is 82.5 Å². The summed E-state index contributed by atoms with van der Waals surface area (Å²) < 4.78 is 13.7. The number of aromatic nitrogens is 4. The van der Waals surface area contributed by atoms with Gasteiger partial charge in [-0.1, -0.05) is 12.1 Å². The molecule has 41 heavy (non-hydrogen) atoms. The van der Waals surface area contributed by atoms with E-state index in [0.29, 0.717) is 47.7 Å². The maximum absolute atomic E-state index is 13.3. The first-order chi connectivity index (χ1) is 19.4. The molecule has 0 saturated carbocycles. The molecule has 2 aromatic carbocycles. The van der Waals surface area contributed by atoms with Gasteiger partial charge in [-0.2, -0.15) is 4.98 Å². The van der Waals surface area contributed by atoms with Crippen molar-refractivity contribution in [2.75, 3.05) is 19.0 Å². The molecule has 5 rings (SSSR count). The summed E-state index contributed by atoms with van der Waals surface area (Å²) in [5.41, 5.74) is 3.57. The highest BCUT2D eigenvalue weighted by Crippen LogP contribution is 2.26. The van der Waals surface area contributed by atoms with Crippen LogP contribution in [0, 0.1) is 0 Å². The Morgan fingerprint density at radius 3 is 2.56 bits per heavy atom. The Labute approximate surface area is 237 Å². The molecule has 214 valence electrons. The number of nitrogens with zero attached hydrogens (tertiary/aromatic N) is 5. The molecular weight excluding hydrogens is 524 g/mol. The quantitative estimate of drug-likeness (QED) is 0.340. The van der Waals surface area contributed by atoms with Gasteiger partial charge in [0, 0.05) is 31.0 Å². The summed E-state index contributed by atoms with van der Waals surface area (Å²) in [5.74, 6) is -0.150. The number of amides is 1. The predicted octanol–water partition coefficient (Wildman–Crippen LogP) is 4.99. The second-order valence-electron chi connectivity index (χ2n) is 11.3. The van der Waals surface area contributed by atoms with E-state index < -0.39 is 11.6 Å². The standard InChI is InChI=1S/C30H34N6O5/c1-18(2)35-26(37)24-16-31-28(33-25(24)36(35)23-9-7-8-20(15-23)27(38)40-6)32-22-11-10-21-17-34(13-12-19(21)14-22)29(39)41-30(3,4)5/h7-11,14-16,18H,12-13,17H2,1-6H3,(H,31,32,33). The average molecular weight is 559 g/mol. The minimum absolute atomic E-state index is 0.184. The summed E-state index contributed by atoms with van der Waals surface area (Å²) in [6.45, 7) is 10.4. The van der Waals surface area contributed by atoms with Gasteiger partial charge in [0.25, 0.3) is 5.56 Å². The number of esters is 1. The van der Waals surface area contributed by atoms with Gasteiger partial charge in [0.05, 0.1) is 18.4 Å². The zero-order chi connectivity index (χ0) is 29.5. The third-order valence-corrected chi connectivity index (χ3v) is 6.75. The molecule has 0 atom stereocenters. The number of carbonyl (C=O) groups is 2. The lowest BCUT2D eigenvalue weighted by atomic mass is 9.99. The van der Waals surface area contributed by atoms with Crippen molar-refractivity contribution in [1.29, 1.82) is 0 Å². The van der Waals surface area contributed by atoms with E-state index in [1.807, 2.05) is 58.9 Å². The number of benzene rings is 2. The Balaban J connectivity index is 1.46. The lowest BCUT2D eigenvalue weighted by Crippen LogP contribution is -2.39. The maximum atomic E-state index is 13.3. The van der Waals surface area contributed by atoms with Gasteiger partial charge in [0.2, 0.25) is 5.95 Å². The van der Waals surface area contributed by atoms with E-state index in [4.69, 9.17) is 14.5 Å². The van der Waals surface area contributed by atoms with E-state index in [9.17, 15) is 14.4 Å². The summed E-state index contributed by atoms with van der Waals surface area (Å²) in [6.07, 6.45) is 1.89. The monoisotopic (exact) mass is 558 g/mol. The zero-order valence-electron chi connectivity index (χ0n) is 24.1. The number of carbonyl (C=O) groups excluding carboxylic acids is 2. The minimum atomic E-state index is -0.544. The van der Waals surface area contributed by atoms with Crippen molar-refractivity contribution in [3.8, 4) is 5.69 Å². The number of ether oxygens (including phenoxy) is 2. The Kier molecular flexibility index (Phi) is 7.29. The summed E-state index contributed by atoms with van der Waals surface area (Å²) >= 11 is 0. The van der Waals surface area contributed by atoms with Gasteiger partial charge in [0.1, 0.15) is 11.0 Å². The highest BCUT2D eigenvalue weighted by molar-refractivity contribution is 5.90. The third kappa shape index (κ3) is 5.65. The van der Waals surface area contributed by atoms with Crippen molar-refractivity contribution < 1.29 is 19.1 Å². The van der Waals surface area contributed by atoms with Crippen molar-refractivity contribution in [1.82, 2.24) is 24.2 Å². The summed E-state index contributed by atoms with van der Waals surface area (Å²) in [6, 6.07) is 12.6. The van der Waals surface area contributed by atoms with E-state index in [2.05, 4.69) is 10.3 Å². The van der Waals surface area contributed by atoms with E-state index in [0.717, 1.165) is 16.8 Å². The lowest BCUT2D eigenvalue weighted by molar-refractivity contribution is 0.0224. The van der Waals surface area contributed by atoms with Gasteiger partial charge in [-0.15, -0.1) is 0 Å². The molecule has 4 aromatic rings. The third-order valence-electron chi connectivity index (χ3n) is 6.75. The van der Waals surface area contributed by atoms with Gasteiger partial charge in [-0.3, -0.25) is 4.79 Å². The molecule has 1 aliphatic heterocycles. The molecular formula is C30H34N6O5. The largest absolute Gasteiger partial charge is 0.465 e. The molecule has 0 radical (unpaired) electrons. The first-order valence-corrected chi connectivity index (χ1v) is 13.5. The minimum Gasteiger partial charge on any atom is -0.465 e. The first kappa shape index (κ1) is 27.9. The van der Waals surface area contributed by atoms with E-state index in [1.165, 1.54) is 13.3 Å². The van der Waals surface area contributed by atoms with Gasteiger partial charge in [-0.25, -0.2) is 23.9 Å². The van der Waals surface area contributed by atoms with Crippen LogP contribution in [0.5, 0.6) is 0 Å². The van der Waals surface area contributed by atoms with Crippen LogP contribution in [0.4, 0.5) is 16.4 Å². The molecule has 0 saturated heterocycles. The van der Waals surface area contributed by atoms with Crippen molar-refractivity contribution in [3.63, 3.8) is 0 Å². The second-order valence-corrected chi connectivity index (χ2v) is 11.3. The van der Waals surface area contributed by atoms with E-state index in [1.54, 1.807) is 32.5 Å². The van der Waals surface area contributed by atoms with Crippen LogP contribution in [0.25, 0.3) is 16.7 Å². The number of fused-ring (bicyclic) bond motifs is 2. The van der Waals surface area contributed by atoms with Crippen LogP contribution < -0.4 is 10.9 Å². The Morgan fingerprint density at radius 2 is 1.85 bits per heavy atom. The highest BCUT2D eigenvalue weighted by Gasteiger charge is 2.26. The number of anilines is 2. The molecule has 0 fully saturated rings. The molecule has 0 spiro atoms. The normalized spacial score (nSPS) is 13.3. The molecule has 11 heteroatoms. The number of methoxy groups -OCH3 is 1. The Bertz CT molecular complexity index is 1700. The molecule has 0 unspecified atom stereocenters. The van der Waals surface area contributed by atoms with Crippen LogP contribution in [0.3, 0.4) is 0 Å². The zero-order valence-corrected chi connectivity index (χ0v) is 24.1. The predicted molar refractivity (Wildman–Crippen MR) is 155 cm³/mol. The molecule has 11 nitrogen and oxygen atoms in total. The maximum Gasteiger partial charge on any atom is 0.410 e.